The van der Waals surface area contributed by atoms with Gasteiger partial charge in [0.25, 0.3) is 0 Å². The number of rotatable bonds is 2. The number of benzene rings is 1. The van der Waals surface area contributed by atoms with E-state index in [1.165, 1.54) is 36.8 Å². The van der Waals surface area contributed by atoms with Gasteiger partial charge in [0.1, 0.15) is 0 Å². The summed E-state index contributed by atoms with van der Waals surface area (Å²) in [6.07, 6.45) is 6.55. The lowest BCUT2D eigenvalue weighted by Crippen LogP contribution is -2.45. The van der Waals surface area contributed by atoms with E-state index in [9.17, 15) is 4.79 Å². The Morgan fingerprint density at radius 1 is 1.24 bits per heavy atom. The number of fused-ring (bicyclic) bond motifs is 1. The maximum Gasteiger partial charge on any atom is 0.226 e. The summed E-state index contributed by atoms with van der Waals surface area (Å²) >= 11 is 5.41. The molecule has 0 bridgehead atoms. The maximum atomic E-state index is 12.1. The molecule has 4 heteroatoms. The van der Waals surface area contributed by atoms with Gasteiger partial charge >= 0.3 is 0 Å². The summed E-state index contributed by atoms with van der Waals surface area (Å²) in [5.74, 6) is 0.653. The largest absolute Gasteiger partial charge is 0.344 e. The number of nitrogens with zero attached hydrogens (tertiary/aromatic N) is 1. The molecule has 21 heavy (non-hydrogen) atoms. The molecule has 0 saturated heterocycles. The number of amides is 1. The van der Waals surface area contributed by atoms with Crippen LogP contribution in [0.15, 0.2) is 24.3 Å². The molecular formula is C17H22N2OS. The van der Waals surface area contributed by atoms with Gasteiger partial charge in [-0.2, -0.15) is 0 Å². The van der Waals surface area contributed by atoms with Crippen LogP contribution in [0.25, 0.3) is 0 Å². The summed E-state index contributed by atoms with van der Waals surface area (Å²) in [7, 11) is 0. The molecule has 1 amide bonds. The molecule has 3 rings (SSSR count). The van der Waals surface area contributed by atoms with E-state index in [1.807, 2.05) is 0 Å². The van der Waals surface area contributed by atoms with Crippen LogP contribution in [-0.4, -0.2) is 22.5 Å². The van der Waals surface area contributed by atoms with Crippen molar-refractivity contribution in [2.75, 3.05) is 6.54 Å². The van der Waals surface area contributed by atoms with E-state index < -0.39 is 0 Å². The van der Waals surface area contributed by atoms with Crippen molar-refractivity contribution in [2.24, 2.45) is 5.92 Å². The minimum atomic E-state index is 0.0887. The molecular weight excluding hydrogens is 280 g/mol. The van der Waals surface area contributed by atoms with Gasteiger partial charge in [0.2, 0.25) is 5.91 Å². The lowest BCUT2D eigenvalue weighted by molar-refractivity contribution is -0.120. The Morgan fingerprint density at radius 2 is 1.95 bits per heavy atom. The summed E-state index contributed by atoms with van der Waals surface area (Å²) in [6, 6.07) is 8.46. The van der Waals surface area contributed by atoms with Crippen molar-refractivity contribution >= 4 is 23.2 Å². The fourth-order valence-electron chi connectivity index (χ4n) is 3.40. The van der Waals surface area contributed by atoms with E-state index in [0.29, 0.717) is 17.5 Å². The molecule has 0 unspecified atom stereocenters. The topological polar surface area (TPSA) is 32.3 Å². The Labute approximate surface area is 131 Å². The van der Waals surface area contributed by atoms with Crippen molar-refractivity contribution in [1.82, 2.24) is 10.2 Å². The number of thiocarbonyl (C=S) groups is 1. The molecule has 1 heterocycles. The second-order valence-corrected chi connectivity index (χ2v) is 6.53. The summed E-state index contributed by atoms with van der Waals surface area (Å²) in [5.41, 5.74) is 2.71. The third-order valence-electron chi connectivity index (χ3n) is 4.61. The molecule has 1 N–H and O–H groups in total. The van der Waals surface area contributed by atoms with Crippen LogP contribution in [0.2, 0.25) is 0 Å². The SMILES string of the molecule is O=C(CC1CCCC1)NC(=S)N1CCc2ccccc2C1. The van der Waals surface area contributed by atoms with Crippen LogP contribution >= 0.6 is 12.2 Å². The van der Waals surface area contributed by atoms with E-state index in [0.717, 1.165) is 19.5 Å². The highest BCUT2D eigenvalue weighted by molar-refractivity contribution is 7.80. The molecule has 0 spiro atoms. The average Bonchev–Trinajstić information content (AvgIpc) is 2.99. The first-order valence-corrected chi connectivity index (χ1v) is 8.29. The zero-order valence-electron chi connectivity index (χ0n) is 12.3. The predicted octanol–water partition coefficient (Wildman–Crippen LogP) is 3.03. The van der Waals surface area contributed by atoms with Crippen LogP contribution in [0, 0.1) is 5.92 Å². The van der Waals surface area contributed by atoms with E-state index in [4.69, 9.17) is 12.2 Å². The van der Waals surface area contributed by atoms with E-state index in [2.05, 4.69) is 34.5 Å². The Morgan fingerprint density at radius 3 is 2.71 bits per heavy atom. The van der Waals surface area contributed by atoms with E-state index in [1.54, 1.807) is 0 Å². The minimum Gasteiger partial charge on any atom is -0.344 e. The molecule has 2 aliphatic rings. The van der Waals surface area contributed by atoms with Crippen LogP contribution < -0.4 is 5.32 Å². The van der Waals surface area contributed by atoms with Gasteiger partial charge in [-0.1, -0.05) is 37.1 Å². The van der Waals surface area contributed by atoms with Crippen LogP contribution in [0.1, 0.15) is 43.2 Å². The third-order valence-corrected chi connectivity index (χ3v) is 4.97. The van der Waals surface area contributed by atoms with Crippen LogP contribution in [-0.2, 0) is 17.8 Å². The van der Waals surface area contributed by atoms with Gasteiger partial charge in [-0.25, -0.2) is 0 Å². The summed E-state index contributed by atoms with van der Waals surface area (Å²) < 4.78 is 0. The average molecular weight is 302 g/mol. The van der Waals surface area contributed by atoms with Crippen LogP contribution in [0.3, 0.4) is 0 Å². The highest BCUT2D eigenvalue weighted by atomic mass is 32.1. The van der Waals surface area contributed by atoms with Crippen LogP contribution in [0.4, 0.5) is 0 Å². The molecule has 0 atom stereocenters. The first kappa shape index (κ1) is 14.5. The molecule has 0 radical (unpaired) electrons. The van der Waals surface area contributed by atoms with E-state index in [-0.39, 0.29) is 5.91 Å². The van der Waals surface area contributed by atoms with Crippen molar-refractivity contribution in [3.05, 3.63) is 35.4 Å². The second-order valence-electron chi connectivity index (χ2n) is 6.15. The van der Waals surface area contributed by atoms with Crippen molar-refractivity contribution in [3.63, 3.8) is 0 Å². The highest BCUT2D eigenvalue weighted by Crippen LogP contribution is 2.27. The fraction of sp³-hybridized carbons (Fsp3) is 0.529. The summed E-state index contributed by atoms with van der Waals surface area (Å²) in [5, 5.41) is 3.52. The van der Waals surface area contributed by atoms with Gasteiger partial charge < -0.3 is 10.2 Å². The molecule has 1 fully saturated rings. The second kappa shape index (κ2) is 6.56. The first-order valence-electron chi connectivity index (χ1n) is 7.88. The predicted molar refractivity (Wildman–Crippen MR) is 87.9 cm³/mol. The number of carbonyl (C=O) groups is 1. The van der Waals surface area contributed by atoms with Crippen molar-refractivity contribution < 1.29 is 4.79 Å². The molecule has 1 aliphatic heterocycles. The summed E-state index contributed by atoms with van der Waals surface area (Å²) in [6.45, 7) is 1.69. The van der Waals surface area contributed by atoms with E-state index >= 15 is 0 Å². The summed E-state index contributed by atoms with van der Waals surface area (Å²) in [4.78, 5) is 14.2. The first-order chi connectivity index (χ1) is 10.2. The lowest BCUT2D eigenvalue weighted by atomic mass is 10.0. The molecule has 1 aliphatic carbocycles. The lowest BCUT2D eigenvalue weighted by Gasteiger charge is -2.30. The van der Waals surface area contributed by atoms with Crippen molar-refractivity contribution in [2.45, 2.75) is 45.1 Å². The fourth-order valence-corrected chi connectivity index (χ4v) is 3.66. The van der Waals surface area contributed by atoms with Gasteiger partial charge in [-0.3, -0.25) is 4.79 Å². The molecule has 1 aromatic carbocycles. The van der Waals surface area contributed by atoms with Gasteiger partial charge in [-0.15, -0.1) is 0 Å². The molecule has 0 aromatic heterocycles. The number of carbonyl (C=O) groups excluding carboxylic acids is 1. The standard InChI is InChI=1S/C17H22N2OS/c20-16(11-13-5-1-2-6-13)18-17(21)19-10-9-14-7-3-4-8-15(14)12-19/h3-4,7-8,13H,1-2,5-6,9-12H2,(H,18,20,21). The number of nitrogens with one attached hydrogen (secondary N) is 1. The molecule has 3 nitrogen and oxygen atoms in total. The zero-order valence-corrected chi connectivity index (χ0v) is 13.1. The maximum absolute atomic E-state index is 12.1. The number of hydrogen-bond acceptors (Lipinski definition) is 2. The Kier molecular flexibility index (Phi) is 4.54. The van der Waals surface area contributed by atoms with Gasteiger partial charge in [-0.05, 0) is 48.5 Å². The van der Waals surface area contributed by atoms with Crippen LogP contribution in [0.5, 0.6) is 0 Å². The number of hydrogen-bond donors (Lipinski definition) is 1. The van der Waals surface area contributed by atoms with Gasteiger partial charge in [0, 0.05) is 19.5 Å². The highest BCUT2D eigenvalue weighted by Gasteiger charge is 2.22. The smallest absolute Gasteiger partial charge is 0.226 e. The molecule has 1 aromatic rings. The van der Waals surface area contributed by atoms with Crippen molar-refractivity contribution in [3.8, 4) is 0 Å². The Balaban J connectivity index is 1.53. The molecule has 1 saturated carbocycles. The normalized spacial score (nSPS) is 18.4. The van der Waals surface area contributed by atoms with Crippen molar-refractivity contribution in [1.29, 1.82) is 0 Å². The minimum absolute atomic E-state index is 0.0887. The monoisotopic (exact) mass is 302 g/mol. The molecule has 112 valence electrons. The van der Waals surface area contributed by atoms with Gasteiger partial charge in [0.05, 0.1) is 0 Å². The van der Waals surface area contributed by atoms with Gasteiger partial charge in [0.15, 0.2) is 5.11 Å². The Hall–Kier alpha value is -1.42. The quantitative estimate of drug-likeness (QED) is 0.852. The Bertz CT molecular complexity index is 537. The third kappa shape index (κ3) is 3.62. The zero-order chi connectivity index (χ0) is 14.7.